The maximum Gasteiger partial charge on any atom is 0.437 e. The normalized spacial score (nSPS) is 23.5. The molecule has 0 radical (unpaired) electrons. The first-order valence-corrected chi connectivity index (χ1v) is 9.39. The first-order chi connectivity index (χ1) is 14.6. The van der Waals surface area contributed by atoms with Crippen LogP contribution in [-0.4, -0.2) is 35.4 Å². The van der Waals surface area contributed by atoms with Gasteiger partial charge in [-0.2, -0.15) is 13.2 Å². The molecule has 1 aliphatic rings. The molecule has 2 amide bonds. The predicted molar refractivity (Wildman–Crippen MR) is 107 cm³/mol. The van der Waals surface area contributed by atoms with Crippen LogP contribution < -0.4 is 15.4 Å². The number of ether oxygens (including phenoxy) is 1. The SMILES string of the molecule is C=CCOc1ccc([C@H]2NC(=O)N[C@@](O)(C(F)(F)F)[C@@H]2C(=O)c2ccc(C)cc2)cc1. The van der Waals surface area contributed by atoms with Crippen LogP contribution in [0.1, 0.15) is 27.5 Å². The van der Waals surface area contributed by atoms with Gasteiger partial charge in [0.1, 0.15) is 18.3 Å². The van der Waals surface area contributed by atoms with Crippen LogP contribution in [-0.2, 0) is 0 Å². The number of rotatable bonds is 6. The minimum absolute atomic E-state index is 0.0211. The third-order valence-electron chi connectivity index (χ3n) is 5.03. The Bertz CT molecular complexity index is 974. The van der Waals surface area contributed by atoms with E-state index < -0.39 is 35.7 Å². The summed E-state index contributed by atoms with van der Waals surface area (Å²) in [5, 5.41) is 14.4. The summed E-state index contributed by atoms with van der Waals surface area (Å²) in [5.41, 5.74) is -2.77. The van der Waals surface area contributed by atoms with Crippen molar-refractivity contribution in [2.24, 2.45) is 5.92 Å². The highest BCUT2D eigenvalue weighted by molar-refractivity contribution is 6.00. The quantitative estimate of drug-likeness (QED) is 0.478. The van der Waals surface area contributed by atoms with E-state index in [9.17, 15) is 27.9 Å². The monoisotopic (exact) mass is 434 g/mol. The number of carbonyl (C=O) groups is 2. The second-order valence-electron chi connectivity index (χ2n) is 7.22. The number of aryl methyl sites for hydroxylation is 1. The lowest BCUT2D eigenvalue weighted by Gasteiger charge is -2.45. The Morgan fingerprint density at radius 2 is 1.81 bits per heavy atom. The van der Waals surface area contributed by atoms with Gasteiger partial charge in [0.15, 0.2) is 5.78 Å². The molecule has 2 aromatic carbocycles. The second kappa shape index (κ2) is 8.43. The molecule has 0 bridgehead atoms. The number of hydrogen-bond donors (Lipinski definition) is 3. The van der Waals surface area contributed by atoms with E-state index in [1.165, 1.54) is 47.8 Å². The largest absolute Gasteiger partial charge is 0.490 e. The fourth-order valence-electron chi connectivity index (χ4n) is 3.44. The number of aliphatic hydroxyl groups is 1. The zero-order valence-corrected chi connectivity index (χ0v) is 16.6. The third-order valence-corrected chi connectivity index (χ3v) is 5.03. The molecule has 2 aromatic rings. The Balaban J connectivity index is 2.07. The van der Waals surface area contributed by atoms with Crippen molar-refractivity contribution in [2.75, 3.05) is 6.61 Å². The van der Waals surface area contributed by atoms with Crippen molar-refractivity contribution >= 4 is 11.8 Å². The summed E-state index contributed by atoms with van der Waals surface area (Å²) < 4.78 is 47.1. The molecule has 1 saturated heterocycles. The minimum atomic E-state index is -5.30. The van der Waals surface area contributed by atoms with Crippen molar-refractivity contribution in [1.29, 1.82) is 0 Å². The molecule has 0 saturated carbocycles. The van der Waals surface area contributed by atoms with E-state index in [0.29, 0.717) is 5.75 Å². The second-order valence-corrected chi connectivity index (χ2v) is 7.22. The van der Waals surface area contributed by atoms with Crippen molar-refractivity contribution in [3.05, 3.63) is 77.9 Å². The van der Waals surface area contributed by atoms with E-state index >= 15 is 0 Å². The molecule has 3 atom stereocenters. The summed E-state index contributed by atoms with van der Waals surface area (Å²) >= 11 is 0. The number of Topliss-reactive ketones (excluding diaryl/α,β-unsaturated/α-hetero) is 1. The molecule has 164 valence electrons. The smallest absolute Gasteiger partial charge is 0.437 e. The van der Waals surface area contributed by atoms with E-state index in [1.807, 2.05) is 0 Å². The van der Waals surface area contributed by atoms with Crippen LogP contribution in [0.25, 0.3) is 0 Å². The highest BCUT2D eigenvalue weighted by atomic mass is 19.4. The molecule has 1 aliphatic heterocycles. The number of nitrogens with one attached hydrogen (secondary N) is 2. The topological polar surface area (TPSA) is 87.7 Å². The summed E-state index contributed by atoms with van der Waals surface area (Å²) in [5.74, 6) is -2.62. The summed E-state index contributed by atoms with van der Waals surface area (Å²) in [7, 11) is 0. The summed E-state index contributed by atoms with van der Waals surface area (Å²) in [6, 6.07) is 9.09. The molecular weight excluding hydrogens is 413 g/mol. The van der Waals surface area contributed by atoms with Crippen LogP contribution in [0.5, 0.6) is 5.75 Å². The van der Waals surface area contributed by atoms with Gasteiger partial charge in [0, 0.05) is 5.56 Å². The van der Waals surface area contributed by atoms with Crippen LogP contribution in [0.3, 0.4) is 0 Å². The zero-order valence-electron chi connectivity index (χ0n) is 16.6. The maximum atomic E-state index is 13.9. The molecule has 9 heteroatoms. The van der Waals surface area contributed by atoms with Gasteiger partial charge in [0.05, 0.1) is 6.04 Å². The van der Waals surface area contributed by atoms with Gasteiger partial charge in [0.2, 0.25) is 5.72 Å². The van der Waals surface area contributed by atoms with Crippen molar-refractivity contribution in [1.82, 2.24) is 10.6 Å². The number of ketones is 1. The summed E-state index contributed by atoms with van der Waals surface area (Å²) in [6.45, 7) is 5.52. The number of urea groups is 1. The van der Waals surface area contributed by atoms with Gasteiger partial charge in [-0.1, -0.05) is 54.6 Å². The van der Waals surface area contributed by atoms with Gasteiger partial charge in [-0.25, -0.2) is 4.79 Å². The van der Waals surface area contributed by atoms with Gasteiger partial charge in [0.25, 0.3) is 0 Å². The predicted octanol–water partition coefficient (Wildman–Crippen LogP) is 3.66. The lowest BCUT2D eigenvalue weighted by atomic mass is 9.77. The Kier molecular flexibility index (Phi) is 6.08. The van der Waals surface area contributed by atoms with Crippen molar-refractivity contribution < 1.29 is 32.6 Å². The van der Waals surface area contributed by atoms with Gasteiger partial charge >= 0.3 is 12.2 Å². The lowest BCUT2D eigenvalue weighted by molar-refractivity contribution is -0.287. The van der Waals surface area contributed by atoms with Gasteiger partial charge in [-0.05, 0) is 24.6 Å². The van der Waals surface area contributed by atoms with Gasteiger partial charge in [-0.15, -0.1) is 0 Å². The highest BCUT2D eigenvalue weighted by Crippen LogP contribution is 2.44. The fraction of sp³-hybridized carbons (Fsp3) is 0.273. The van der Waals surface area contributed by atoms with E-state index in [2.05, 4.69) is 11.9 Å². The Hall–Kier alpha value is -3.33. The average Bonchev–Trinajstić information content (AvgIpc) is 2.71. The molecule has 1 fully saturated rings. The van der Waals surface area contributed by atoms with Gasteiger partial charge < -0.3 is 20.5 Å². The van der Waals surface area contributed by atoms with Crippen molar-refractivity contribution in [3.63, 3.8) is 0 Å². The fourth-order valence-corrected chi connectivity index (χ4v) is 3.44. The van der Waals surface area contributed by atoms with Crippen LogP contribution in [0, 0.1) is 12.8 Å². The van der Waals surface area contributed by atoms with Gasteiger partial charge in [-0.3, -0.25) is 4.79 Å². The van der Waals surface area contributed by atoms with Crippen molar-refractivity contribution in [3.8, 4) is 5.75 Å². The number of carbonyl (C=O) groups excluding carboxylic acids is 2. The molecule has 0 aromatic heterocycles. The number of alkyl halides is 3. The number of benzene rings is 2. The number of amides is 2. The molecule has 6 nitrogen and oxygen atoms in total. The standard InChI is InChI=1S/C22H21F3N2O4/c1-3-12-31-16-10-8-14(9-11-16)18-17(19(28)15-6-4-13(2)5-7-15)21(30,22(23,24)25)27-20(29)26-18/h3-11,17-18,30H,1,12H2,2H3,(H2,26,27,29)/t17-,18+,21-/m0/s1. The van der Waals surface area contributed by atoms with Crippen LogP contribution in [0.2, 0.25) is 0 Å². The van der Waals surface area contributed by atoms with E-state index in [1.54, 1.807) is 19.1 Å². The molecule has 3 N–H and O–H groups in total. The molecule has 0 unspecified atom stereocenters. The molecule has 1 heterocycles. The first-order valence-electron chi connectivity index (χ1n) is 9.39. The Morgan fingerprint density at radius 3 is 2.35 bits per heavy atom. The Labute approximate surface area is 176 Å². The maximum absolute atomic E-state index is 13.9. The molecular formula is C22H21F3N2O4. The molecule has 31 heavy (non-hydrogen) atoms. The number of hydrogen-bond acceptors (Lipinski definition) is 4. The molecule has 0 spiro atoms. The summed E-state index contributed by atoms with van der Waals surface area (Å²) in [4.78, 5) is 25.2. The minimum Gasteiger partial charge on any atom is -0.490 e. The van der Waals surface area contributed by atoms with E-state index in [-0.39, 0.29) is 17.7 Å². The Morgan fingerprint density at radius 1 is 1.19 bits per heavy atom. The molecule has 3 rings (SSSR count). The van der Waals surface area contributed by atoms with E-state index in [4.69, 9.17) is 4.74 Å². The van der Waals surface area contributed by atoms with Crippen LogP contribution in [0.4, 0.5) is 18.0 Å². The lowest BCUT2D eigenvalue weighted by Crippen LogP contribution is -2.72. The van der Waals surface area contributed by atoms with E-state index in [0.717, 1.165) is 5.56 Å². The molecule has 0 aliphatic carbocycles. The summed E-state index contributed by atoms with van der Waals surface area (Å²) in [6.07, 6.45) is -3.78. The first kappa shape index (κ1) is 22.4. The van der Waals surface area contributed by atoms with Crippen LogP contribution in [0.15, 0.2) is 61.2 Å². The van der Waals surface area contributed by atoms with Crippen LogP contribution >= 0.6 is 0 Å². The average molecular weight is 434 g/mol. The highest BCUT2D eigenvalue weighted by Gasteiger charge is 2.66. The number of halogens is 3. The third kappa shape index (κ3) is 4.41. The van der Waals surface area contributed by atoms with Crippen molar-refractivity contribution in [2.45, 2.75) is 24.9 Å². The zero-order chi connectivity index (χ0) is 22.8.